The van der Waals surface area contributed by atoms with Crippen LogP contribution < -0.4 is 5.32 Å². The van der Waals surface area contributed by atoms with Crippen molar-refractivity contribution in [1.29, 1.82) is 0 Å². The fourth-order valence-corrected chi connectivity index (χ4v) is 2.98. The lowest BCUT2D eigenvalue weighted by Gasteiger charge is -2.25. The lowest BCUT2D eigenvalue weighted by atomic mass is 10.1. The lowest BCUT2D eigenvalue weighted by Crippen LogP contribution is -2.38. The highest BCUT2D eigenvalue weighted by Gasteiger charge is 2.31. The van der Waals surface area contributed by atoms with Crippen LogP contribution in [-0.4, -0.2) is 35.0 Å². The van der Waals surface area contributed by atoms with E-state index in [-0.39, 0.29) is 10.6 Å². The van der Waals surface area contributed by atoms with E-state index >= 15 is 0 Å². The van der Waals surface area contributed by atoms with Gasteiger partial charge < -0.3 is 5.32 Å². The van der Waals surface area contributed by atoms with Crippen LogP contribution in [0.3, 0.4) is 0 Å². The van der Waals surface area contributed by atoms with Gasteiger partial charge in [0.25, 0.3) is 5.69 Å². The molecule has 0 radical (unpaired) electrons. The topological polar surface area (TPSA) is 58.4 Å². The van der Waals surface area contributed by atoms with E-state index in [4.69, 9.17) is 0 Å². The van der Waals surface area contributed by atoms with Gasteiger partial charge in [-0.1, -0.05) is 12.1 Å². The Morgan fingerprint density at radius 1 is 1.35 bits per heavy atom. The second-order valence-corrected chi connectivity index (χ2v) is 5.88. The molecular weight excluding hydrogens is 254 g/mol. The van der Waals surface area contributed by atoms with Gasteiger partial charge in [0.1, 0.15) is 0 Å². The van der Waals surface area contributed by atoms with Crippen LogP contribution in [0.5, 0.6) is 0 Å². The summed E-state index contributed by atoms with van der Waals surface area (Å²) in [5.74, 6) is 0. The molecule has 5 nitrogen and oxygen atoms in total. The maximum atomic E-state index is 10.8. The van der Waals surface area contributed by atoms with E-state index in [0.717, 1.165) is 25.2 Å². The summed E-state index contributed by atoms with van der Waals surface area (Å²) < 4.78 is 0. The zero-order valence-electron chi connectivity index (χ0n) is 11.6. The minimum absolute atomic E-state index is 0.192. The number of nitrogens with one attached hydrogen (secondary N) is 1. The fraction of sp³-hybridized carbons (Fsp3) is 0.600. The zero-order valence-corrected chi connectivity index (χ0v) is 11.6. The van der Waals surface area contributed by atoms with Gasteiger partial charge in [0.2, 0.25) is 0 Å². The van der Waals surface area contributed by atoms with Gasteiger partial charge in [0.05, 0.1) is 4.92 Å². The molecule has 1 atom stereocenters. The quantitative estimate of drug-likeness (QED) is 0.639. The standard InChI is InChI=1S/C15H21N3O2/c19-18(20)15-5-1-3-12(9-15)10-17(14-6-7-14)11-13-4-2-8-16-13/h1,3,5,9,13-14,16H,2,4,6-8,10-11H2. The molecule has 1 saturated carbocycles. The third kappa shape index (κ3) is 3.35. The van der Waals surface area contributed by atoms with Crippen molar-refractivity contribution in [1.82, 2.24) is 10.2 Å². The van der Waals surface area contributed by atoms with Crippen molar-refractivity contribution < 1.29 is 4.92 Å². The molecule has 1 heterocycles. The van der Waals surface area contributed by atoms with Gasteiger partial charge in [-0.15, -0.1) is 0 Å². The minimum Gasteiger partial charge on any atom is -0.313 e. The normalized spacial score (nSPS) is 22.4. The SMILES string of the molecule is O=[N+]([O-])c1cccc(CN(CC2CCCN2)C2CC2)c1. The molecule has 1 unspecified atom stereocenters. The maximum absolute atomic E-state index is 10.8. The number of nitro groups is 1. The molecule has 1 N–H and O–H groups in total. The highest BCUT2D eigenvalue weighted by molar-refractivity contribution is 5.34. The van der Waals surface area contributed by atoms with Crippen molar-refractivity contribution in [3.8, 4) is 0 Å². The van der Waals surface area contributed by atoms with E-state index in [1.54, 1.807) is 18.2 Å². The average molecular weight is 275 g/mol. The highest BCUT2D eigenvalue weighted by Crippen LogP contribution is 2.29. The molecule has 0 spiro atoms. The lowest BCUT2D eigenvalue weighted by molar-refractivity contribution is -0.384. The third-order valence-electron chi connectivity index (χ3n) is 4.19. The molecule has 1 aliphatic carbocycles. The average Bonchev–Trinajstić information content (AvgIpc) is 3.17. The van der Waals surface area contributed by atoms with Gasteiger partial charge in [-0.2, -0.15) is 0 Å². The van der Waals surface area contributed by atoms with Crippen LogP contribution in [0.15, 0.2) is 24.3 Å². The molecular formula is C15H21N3O2. The van der Waals surface area contributed by atoms with Crippen LogP contribution in [-0.2, 0) is 6.54 Å². The molecule has 3 rings (SSSR count). The Hall–Kier alpha value is -1.46. The van der Waals surface area contributed by atoms with Crippen molar-refractivity contribution in [3.63, 3.8) is 0 Å². The van der Waals surface area contributed by atoms with Crippen LogP contribution in [0, 0.1) is 10.1 Å². The largest absolute Gasteiger partial charge is 0.313 e. The first-order valence-electron chi connectivity index (χ1n) is 7.43. The summed E-state index contributed by atoms with van der Waals surface area (Å²) in [6.45, 7) is 3.01. The summed E-state index contributed by atoms with van der Waals surface area (Å²) in [5.41, 5.74) is 1.24. The van der Waals surface area contributed by atoms with Crippen LogP contribution in [0.4, 0.5) is 5.69 Å². The molecule has 20 heavy (non-hydrogen) atoms. The van der Waals surface area contributed by atoms with E-state index in [2.05, 4.69) is 10.2 Å². The summed E-state index contributed by atoms with van der Waals surface area (Å²) in [6.07, 6.45) is 5.04. The van der Waals surface area contributed by atoms with Crippen LogP contribution in [0.2, 0.25) is 0 Å². The Morgan fingerprint density at radius 3 is 2.85 bits per heavy atom. The zero-order chi connectivity index (χ0) is 13.9. The van der Waals surface area contributed by atoms with E-state index < -0.39 is 0 Å². The number of nitro benzene ring substituents is 1. The van der Waals surface area contributed by atoms with Crippen LogP contribution >= 0.6 is 0 Å². The second-order valence-electron chi connectivity index (χ2n) is 5.88. The Kier molecular flexibility index (Phi) is 3.98. The molecule has 1 saturated heterocycles. The molecule has 2 aliphatic rings. The van der Waals surface area contributed by atoms with Gasteiger partial charge in [0, 0.05) is 37.3 Å². The number of benzene rings is 1. The summed E-state index contributed by atoms with van der Waals surface area (Å²) in [6, 6.07) is 8.31. The minimum atomic E-state index is -0.316. The number of non-ortho nitro benzene ring substituents is 1. The summed E-state index contributed by atoms with van der Waals surface area (Å²) >= 11 is 0. The van der Waals surface area contributed by atoms with Crippen molar-refractivity contribution in [2.45, 2.75) is 44.3 Å². The monoisotopic (exact) mass is 275 g/mol. The molecule has 1 aliphatic heterocycles. The van der Waals surface area contributed by atoms with Crippen molar-refractivity contribution in [3.05, 3.63) is 39.9 Å². The van der Waals surface area contributed by atoms with Gasteiger partial charge in [-0.05, 0) is 37.8 Å². The number of hydrogen-bond donors (Lipinski definition) is 1. The van der Waals surface area contributed by atoms with Crippen molar-refractivity contribution >= 4 is 5.69 Å². The third-order valence-corrected chi connectivity index (χ3v) is 4.19. The molecule has 2 fully saturated rings. The first kappa shape index (κ1) is 13.5. The summed E-state index contributed by atoms with van der Waals surface area (Å²) in [7, 11) is 0. The Morgan fingerprint density at radius 2 is 2.20 bits per heavy atom. The van der Waals surface area contributed by atoms with Gasteiger partial charge in [0.15, 0.2) is 0 Å². The first-order chi connectivity index (χ1) is 9.72. The maximum Gasteiger partial charge on any atom is 0.269 e. The molecule has 1 aromatic rings. The van der Waals surface area contributed by atoms with Gasteiger partial charge in [-0.25, -0.2) is 0 Å². The first-order valence-corrected chi connectivity index (χ1v) is 7.43. The van der Waals surface area contributed by atoms with Crippen molar-refractivity contribution in [2.24, 2.45) is 0 Å². The fourth-order valence-electron chi connectivity index (χ4n) is 2.98. The molecule has 5 heteroatoms. The predicted octanol–water partition coefficient (Wildman–Crippen LogP) is 2.31. The molecule has 0 aromatic heterocycles. The van der Waals surface area contributed by atoms with E-state index in [1.165, 1.54) is 25.7 Å². The Bertz CT molecular complexity index is 482. The van der Waals surface area contributed by atoms with E-state index in [1.807, 2.05) is 6.07 Å². The number of hydrogen-bond acceptors (Lipinski definition) is 4. The van der Waals surface area contributed by atoms with E-state index in [9.17, 15) is 10.1 Å². The smallest absolute Gasteiger partial charge is 0.269 e. The molecule has 1 aromatic carbocycles. The number of nitrogens with zero attached hydrogens (tertiary/aromatic N) is 2. The van der Waals surface area contributed by atoms with Crippen LogP contribution in [0.25, 0.3) is 0 Å². The van der Waals surface area contributed by atoms with Crippen LogP contribution in [0.1, 0.15) is 31.2 Å². The Balaban J connectivity index is 1.66. The van der Waals surface area contributed by atoms with Gasteiger partial charge in [-0.3, -0.25) is 15.0 Å². The highest BCUT2D eigenvalue weighted by atomic mass is 16.6. The number of rotatable bonds is 6. The van der Waals surface area contributed by atoms with Crippen molar-refractivity contribution in [2.75, 3.05) is 13.1 Å². The van der Waals surface area contributed by atoms with E-state index in [0.29, 0.717) is 12.1 Å². The molecule has 108 valence electrons. The van der Waals surface area contributed by atoms with Gasteiger partial charge >= 0.3 is 0 Å². The molecule has 0 amide bonds. The Labute approximate surface area is 119 Å². The summed E-state index contributed by atoms with van der Waals surface area (Å²) in [4.78, 5) is 13.0. The summed E-state index contributed by atoms with van der Waals surface area (Å²) in [5, 5.41) is 14.4. The predicted molar refractivity (Wildman–Crippen MR) is 77.6 cm³/mol. The second kappa shape index (κ2) is 5.89. The molecule has 0 bridgehead atoms.